The summed E-state index contributed by atoms with van der Waals surface area (Å²) in [5.41, 5.74) is 5.86. The minimum Gasteiger partial charge on any atom is -0.492 e. The molecule has 0 aromatic heterocycles. The summed E-state index contributed by atoms with van der Waals surface area (Å²) in [5, 5.41) is 0.653. The number of anilines is 2. The molecule has 0 N–H and O–H groups in total. The number of halogens is 1. The number of hydrogen-bond acceptors (Lipinski definition) is 6. The molecule has 0 unspecified atom stereocenters. The van der Waals surface area contributed by atoms with Crippen LogP contribution in [0.3, 0.4) is 0 Å². The first kappa shape index (κ1) is 33.2. The number of piperazine rings is 1. The Hall–Kier alpha value is -3.75. The van der Waals surface area contributed by atoms with E-state index < -0.39 is 0 Å². The number of amides is 2. The molecule has 0 spiro atoms. The van der Waals surface area contributed by atoms with Crippen molar-refractivity contribution in [3.63, 3.8) is 0 Å². The van der Waals surface area contributed by atoms with Gasteiger partial charge in [0.25, 0.3) is 0 Å². The van der Waals surface area contributed by atoms with E-state index in [-0.39, 0.29) is 24.3 Å². The Balaban J connectivity index is 1.15. The minimum atomic E-state index is -0.0384. The lowest BCUT2D eigenvalue weighted by Gasteiger charge is -2.41. The fourth-order valence-corrected chi connectivity index (χ4v) is 7.57. The Kier molecular flexibility index (Phi) is 9.99. The molecular weight excluding hydrogens is 612 g/mol. The molecule has 9 heteroatoms. The smallest absolute Gasteiger partial charge is 0.236 e. The largest absolute Gasteiger partial charge is 0.492 e. The lowest BCUT2D eigenvalue weighted by Crippen LogP contribution is -2.53. The Morgan fingerprint density at radius 3 is 2.28 bits per heavy atom. The zero-order chi connectivity index (χ0) is 33.2. The molecule has 1 saturated heterocycles. The van der Waals surface area contributed by atoms with E-state index in [9.17, 15) is 9.59 Å². The molecule has 2 amide bonds. The molecule has 0 bridgehead atoms. The van der Waals surface area contributed by atoms with Crippen molar-refractivity contribution in [2.45, 2.75) is 64.6 Å². The average molecular weight is 659 g/mol. The Morgan fingerprint density at radius 1 is 0.936 bits per heavy atom. The molecule has 250 valence electrons. The lowest BCUT2D eigenvalue weighted by molar-refractivity contribution is -0.135. The number of methoxy groups -OCH3 is 1. The predicted molar refractivity (Wildman–Crippen MR) is 189 cm³/mol. The molecule has 47 heavy (non-hydrogen) atoms. The van der Waals surface area contributed by atoms with Crippen LogP contribution in [0.25, 0.3) is 11.1 Å². The van der Waals surface area contributed by atoms with Gasteiger partial charge in [-0.15, -0.1) is 0 Å². The van der Waals surface area contributed by atoms with Crippen LogP contribution < -0.4 is 19.3 Å². The van der Waals surface area contributed by atoms with Gasteiger partial charge in [0.05, 0.1) is 32.7 Å². The van der Waals surface area contributed by atoms with Gasteiger partial charge < -0.3 is 24.2 Å². The van der Waals surface area contributed by atoms with Crippen LogP contribution in [0.5, 0.6) is 11.5 Å². The summed E-state index contributed by atoms with van der Waals surface area (Å²) < 4.78 is 12.1. The van der Waals surface area contributed by atoms with Gasteiger partial charge in [-0.1, -0.05) is 23.7 Å². The first-order valence-electron chi connectivity index (χ1n) is 16.9. The summed E-state index contributed by atoms with van der Waals surface area (Å²) in [6.45, 7) is 7.82. The Labute approximate surface area is 284 Å². The molecule has 3 aromatic carbocycles. The molecule has 3 aliphatic rings. The lowest BCUT2D eigenvalue weighted by atomic mass is 9.84. The number of carbonyl (C=O) groups excluding carboxylic acids is 2. The second kappa shape index (κ2) is 14.2. The molecule has 6 rings (SSSR count). The number of carbonyl (C=O) groups is 2. The second-order valence-electron chi connectivity index (χ2n) is 13.6. The quantitative estimate of drug-likeness (QED) is 0.256. The van der Waals surface area contributed by atoms with E-state index in [1.807, 2.05) is 61.0 Å². The first-order chi connectivity index (χ1) is 22.6. The number of likely N-dealkylation sites (N-methyl/N-ethyl adjacent to an activating group) is 1. The van der Waals surface area contributed by atoms with Gasteiger partial charge in [0.15, 0.2) is 11.5 Å². The van der Waals surface area contributed by atoms with Crippen molar-refractivity contribution < 1.29 is 19.1 Å². The highest BCUT2D eigenvalue weighted by Crippen LogP contribution is 2.45. The van der Waals surface area contributed by atoms with Crippen LogP contribution in [-0.2, 0) is 22.6 Å². The predicted octanol–water partition coefficient (Wildman–Crippen LogP) is 6.66. The van der Waals surface area contributed by atoms with Crippen molar-refractivity contribution in [1.29, 1.82) is 0 Å². The van der Waals surface area contributed by atoms with E-state index in [4.69, 9.17) is 21.1 Å². The van der Waals surface area contributed by atoms with Crippen LogP contribution in [0.1, 0.15) is 50.7 Å². The molecule has 2 fully saturated rings. The number of hydrogen-bond donors (Lipinski definition) is 0. The Morgan fingerprint density at radius 2 is 1.64 bits per heavy atom. The van der Waals surface area contributed by atoms with Crippen LogP contribution in [0, 0.1) is 5.92 Å². The van der Waals surface area contributed by atoms with Crippen LogP contribution in [-0.4, -0.2) is 81.1 Å². The molecule has 1 aliphatic carbocycles. The molecule has 8 nitrogen and oxygen atoms in total. The summed E-state index contributed by atoms with van der Waals surface area (Å²) in [4.78, 5) is 34.4. The molecule has 1 saturated carbocycles. The maximum atomic E-state index is 13.7. The van der Waals surface area contributed by atoms with Gasteiger partial charge >= 0.3 is 0 Å². The molecule has 0 atom stereocenters. The number of ether oxygens (including phenoxy) is 2. The normalized spacial score (nSPS) is 20.4. The van der Waals surface area contributed by atoms with E-state index in [1.54, 1.807) is 7.11 Å². The van der Waals surface area contributed by atoms with Gasteiger partial charge in [0.2, 0.25) is 11.8 Å². The van der Waals surface area contributed by atoms with Crippen molar-refractivity contribution in [3.8, 4) is 22.6 Å². The van der Waals surface area contributed by atoms with Gasteiger partial charge in [0, 0.05) is 61.7 Å². The summed E-state index contributed by atoms with van der Waals surface area (Å²) in [6.07, 6.45) is 4.90. The summed E-state index contributed by atoms with van der Waals surface area (Å²) in [5.74, 6) is 2.23. The van der Waals surface area contributed by atoms with Crippen molar-refractivity contribution in [3.05, 3.63) is 70.7 Å². The summed E-state index contributed by atoms with van der Waals surface area (Å²) >= 11 is 6.21. The number of nitrogens with zero attached hydrogens (tertiary/aromatic N) is 4. The fourth-order valence-electron chi connectivity index (χ4n) is 7.44. The summed E-state index contributed by atoms with van der Waals surface area (Å²) in [7, 11) is 5.70. The van der Waals surface area contributed by atoms with Crippen molar-refractivity contribution in [2.24, 2.45) is 5.92 Å². The molecule has 3 aromatic rings. The minimum absolute atomic E-state index is 0.0384. The van der Waals surface area contributed by atoms with Gasteiger partial charge in [-0.05, 0) is 105 Å². The third kappa shape index (κ3) is 7.24. The Bertz CT molecular complexity index is 1580. The molecule has 2 heterocycles. The standard InChI is InChI=1S/C38H47ClN4O4/c1-25(2)47-34-20-28-23-43(35(44)21-33(28)37(38(34)46-5)27-8-10-29(39)11-9-27)32-16-14-30(15-17-32)41(4)22-26-6-12-31(13-7-26)42-19-18-40(3)36(45)24-42/h8-11,14-17,20,25-26,31H,6-7,12-13,18-19,21-24H2,1-5H3. The van der Waals surface area contributed by atoms with Gasteiger partial charge in [-0.2, -0.15) is 0 Å². The molecule has 2 aliphatic heterocycles. The van der Waals surface area contributed by atoms with E-state index >= 15 is 0 Å². The van der Waals surface area contributed by atoms with Gasteiger partial charge in [-0.3, -0.25) is 14.5 Å². The maximum absolute atomic E-state index is 13.7. The first-order valence-corrected chi connectivity index (χ1v) is 17.2. The van der Waals surface area contributed by atoms with Crippen LogP contribution in [0.2, 0.25) is 5.02 Å². The topological polar surface area (TPSA) is 65.6 Å². The number of benzene rings is 3. The average Bonchev–Trinajstić information content (AvgIpc) is 3.06. The van der Waals surface area contributed by atoms with Crippen LogP contribution in [0.15, 0.2) is 54.6 Å². The zero-order valence-electron chi connectivity index (χ0n) is 28.3. The summed E-state index contributed by atoms with van der Waals surface area (Å²) in [6, 6.07) is 18.6. The van der Waals surface area contributed by atoms with E-state index in [0.29, 0.717) is 41.6 Å². The highest BCUT2D eigenvalue weighted by Gasteiger charge is 2.32. The fraction of sp³-hybridized carbons (Fsp3) is 0.474. The van der Waals surface area contributed by atoms with Crippen molar-refractivity contribution >= 4 is 34.8 Å². The van der Waals surface area contributed by atoms with Crippen molar-refractivity contribution in [2.75, 3.05) is 57.2 Å². The highest BCUT2D eigenvalue weighted by atomic mass is 35.5. The van der Waals surface area contributed by atoms with Crippen LogP contribution in [0.4, 0.5) is 11.4 Å². The van der Waals surface area contributed by atoms with Gasteiger partial charge in [-0.25, -0.2) is 0 Å². The maximum Gasteiger partial charge on any atom is 0.236 e. The highest BCUT2D eigenvalue weighted by molar-refractivity contribution is 6.30. The van der Waals surface area contributed by atoms with Crippen molar-refractivity contribution in [1.82, 2.24) is 9.80 Å². The third-order valence-corrected chi connectivity index (χ3v) is 10.3. The molecular formula is C38H47ClN4O4. The second-order valence-corrected chi connectivity index (χ2v) is 14.0. The van der Waals surface area contributed by atoms with Crippen LogP contribution >= 0.6 is 11.6 Å². The van der Waals surface area contributed by atoms with Gasteiger partial charge in [0.1, 0.15) is 0 Å². The monoisotopic (exact) mass is 658 g/mol. The van der Waals surface area contributed by atoms with E-state index in [0.717, 1.165) is 66.1 Å². The van der Waals surface area contributed by atoms with E-state index in [1.165, 1.54) is 12.8 Å². The number of fused-ring (bicyclic) bond motifs is 1. The van der Waals surface area contributed by atoms with E-state index in [2.05, 4.69) is 41.1 Å². The SMILES string of the molecule is COc1c(OC(C)C)cc2c(c1-c1ccc(Cl)cc1)CC(=O)N(c1ccc(N(C)CC3CCC(N4CCN(C)C(=O)C4)CC3)cc1)C2. The molecule has 0 radical (unpaired) electrons. The number of rotatable bonds is 9. The zero-order valence-corrected chi connectivity index (χ0v) is 29.1. The third-order valence-electron chi connectivity index (χ3n) is 10.1.